The molecule has 0 spiro atoms. The van der Waals surface area contributed by atoms with Gasteiger partial charge in [0.25, 0.3) is 0 Å². The molecular weight excluding hydrogens is 424 g/mol. The van der Waals surface area contributed by atoms with E-state index in [0.717, 1.165) is 57.2 Å². The lowest BCUT2D eigenvalue weighted by Crippen LogP contribution is -2.15. The highest BCUT2D eigenvalue weighted by Gasteiger charge is 2.18. The zero-order valence-corrected chi connectivity index (χ0v) is 20.8. The lowest BCUT2D eigenvalue weighted by Gasteiger charge is -2.10. The number of carbonyl (C=O) groups excluding carboxylic acids is 2. The lowest BCUT2D eigenvalue weighted by molar-refractivity contribution is 0.0450. The molecule has 0 unspecified atom stereocenters. The van der Waals surface area contributed by atoms with Crippen molar-refractivity contribution in [1.82, 2.24) is 0 Å². The van der Waals surface area contributed by atoms with E-state index < -0.39 is 11.9 Å². The molecule has 1 aromatic rings. The number of esters is 2. The van der Waals surface area contributed by atoms with Gasteiger partial charge < -0.3 is 9.47 Å². The number of hydrogen-bond donors (Lipinski definition) is 0. The van der Waals surface area contributed by atoms with Crippen LogP contribution in [0, 0.1) is 0 Å². The van der Waals surface area contributed by atoms with Crippen LogP contribution in [-0.2, 0) is 9.47 Å². The highest BCUT2D eigenvalue weighted by molar-refractivity contribution is 6.17. The van der Waals surface area contributed by atoms with Crippen LogP contribution in [0.25, 0.3) is 0 Å². The first-order valence-corrected chi connectivity index (χ1v) is 13.2. The predicted molar refractivity (Wildman–Crippen MR) is 133 cm³/mol. The van der Waals surface area contributed by atoms with E-state index in [0.29, 0.717) is 13.2 Å². The summed E-state index contributed by atoms with van der Waals surface area (Å²) in [6.45, 7) is 2.99. The van der Waals surface area contributed by atoms with Gasteiger partial charge in [-0.05, 0) is 31.4 Å². The fraction of sp³-hybridized carbons (Fsp3) is 0.704. The van der Waals surface area contributed by atoms with Crippen molar-refractivity contribution in [1.29, 1.82) is 0 Å². The average Bonchev–Trinajstić information content (AvgIpc) is 2.81. The molecular formula is C27H43ClO4. The zero-order valence-electron chi connectivity index (χ0n) is 20.0. The summed E-state index contributed by atoms with van der Waals surface area (Å²) >= 11 is 5.67. The van der Waals surface area contributed by atoms with Crippen LogP contribution in [0.1, 0.15) is 124 Å². The SMILES string of the molecule is CCCCCCCCCCCOC(=O)c1ccccc1C(=O)OCCCCCCCCCl. The third-order valence-electron chi connectivity index (χ3n) is 5.61. The van der Waals surface area contributed by atoms with Crippen molar-refractivity contribution in [3.05, 3.63) is 35.4 Å². The normalized spacial score (nSPS) is 10.8. The van der Waals surface area contributed by atoms with Crippen molar-refractivity contribution in [2.24, 2.45) is 0 Å². The number of alkyl halides is 1. The van der Waals surface area contributed by atoms with Gasteiger partial charge in [0.15, 0.2) is 0 Å². The van der Waals surface area contributed by atoms with Crippen LogP contribution in [0.4, 0.5) is 0 Å². The molecule has 0 atom stereocenters. The largest absolute Gasteiger partial charge is 0.462 e. The van der Waals surface area contributed by atoms with Gasteiger partial charge in [0, 0.05) is 5.88 Å². The minimum Gasteiger partial charge on any atom is -0.462 e. The molecule has 182 valence electrons. The van der Waals surface area contributed by atoms with Crippen molar-refractivity contribution in [3.63, 3.8) is 0 Å². The highest BCUT2D eigenvalue weighted by Crippen LogP contribution is 2.14. The molecule has 4 nitrogen and oxygen atoms in total. The summed E-state index contributed by atoms with van der Waals surface area (Å²) < 4.78 is 10.8. The molecule has 5 heteroatoms. The van der Waals surface area contributed by atoms with E-state index in [4.69, 9.17) is 21.1 Å². The maximum absolute atomic E-state index is 12.5. The summed E-state index contributed by atoms with van der Waals surface area (Å²) in [5, 5.41) is 0. The van der Waals surface area contributed by atoms with E-state index in [1.54, 1.807) is 24.3 Å². The molecule has 0 N–H and O–H groups in total. The molecule has 0 aromatic heterocycles. The Kier molecular flexibility index (Phi) is 17.9. The summed E-state index contributed by atoms with van der Waals surface area (Å²) in [6.07, 6.45) is 17.3. The fourth-order valence-corrected chi connectivity index (χ4v) is 3.83. The molecule has 0 fully saturated rings. The lowest BCUT2D eigenvalue weighted by atomic mass is 10.1. The minimum atomic E-state index is -0.456. The Morgan fingerprint density at radius 3 is 1.41 bits per heavy atom. The fourth-order valence-electron chi connectivity index (χ4n) is 3.64. The van der Waals surface area contributed by atoms with Gasteiger partial charge in [-0.15, -0.1) is 11.6 Å². The molecule has 0 saturated heterocycles. The second-order valence-electron chi connectivity index (χ2n) is 8.46. The number of halogens is 1. The molecule has 0 saturated carbocycles. The summed E-state index contributed by atoms with van der Waals surface area (Å²) in [5.41, 5.74) is 0.571. The zero-order chi connectivity index (χ0) is 23.3. The molecule has 32 heavy (non-hydrogen) atoms. The highest BCUT2D eigenvalue weighted by atomic mass is 35.5. The van der Waals surface area contributed by atoms with Crippen LogP contribution in [0.5, 0.6) is 0 Å². The second kappa shape index (κ2) is 20.1. The molecule has 0 amide bonds. The Morgan fingerprint density at radius 1 is 0.625 bits per heavy atom. The van der Waals surface area contributed by atoms with E-state index in [-0.39, 0.29) is 11.1 Å². The standard InChI is InChI=1S/C27H43ClO4/c1-2-3-4-5-6-7-9-12-17-22-31-26(29)24-19-14-15-20-25(24)27(30)32-23-18-13-10-8-11-16-21-28/h14-15,19-20H,2-13,16-18,21-23H2,1H3. The van der Waals surface area contributed by atoms with E-state index >= 15 is 0 Å². The Labute approximate surface area is 200 Å². The second-order valence-corrected chi connectivity index (χ2v) is 8.83. The third kappa shape index (κ3) is 13.8. The van der Waals surface area contributed by atoms with Gasteiger partial charge in [-0.3, -0.25) is 0 Å². The first-order valence-electron chi connectivity index (χ1n) is 12.7. The number of hydrogen-bond acceptors (Lipinski definition) is 4. The van der Waals surface area contributed by atoms with Crippen molar-refractivity contribution >= 4 is 23.5 Å². The number of unbranched alkanes of at least 4 members (excludes halogenated alkanes) is 13. The number of carbonyl (C=O) groups is 2. The minimum absolute atomic E-state index is 0.284. The molecule has 0 aliphatic carbocycles. The number of rotatable bonds is 20. The summed E-state index contributed by atoms with van der Waals surface area (Å²) in [6, 6.07) is 6.74. The molecule has 0 bridgehead atoms. The van der Waals surface area contributed by atoms with Crippen LogP contribution in [-0.4, -0.2) is 31.0 Å². The van der Waals surface area contributed by atoms with Gasteiger partial charge >= 0.3 is 11.9 Å². The van der Waals surface area contributed by atoms with E-state index in [2.05, 4.69) is 6.92 Å². The van der Waals surface area contributed by atoms with Gasteiger partial charge in [0.2, 0.25) is 0 Å². The van der Waals surface area contributed by atoms with Crippen molar-refractivity contribution < 1.29 is 19.1 Å². The van der Waals surface area contributed by atoms with Gasteiger partial charge in [-0.1, -0.05) is 96.1 Å². The first kappa shape index (κ1) is 28.5. The Morgan fingerprint density at radius 2 is 1.00 bits per heavy atom. The quantitative estimate of drug-likeness (QED) is 0.110. The Balaban J connectivity index is 2.23. The van der Waals surface area contributed by atoms with Crippen LogP contribution in [0.15, 0.2) is 24.3 Å². The van der Waals surface area contributed by atoms with Crippen LogP contribution in [0.3, 0.4) is 0 Å². The Bertz CT molecular complexity index is 617. The Hall–Kier alpha value is -1.55. The predicted octanol–water partition coefficient (Wildman–Crippen LogP) is 8.11. The van der Waals surface area contributed by atoms with E-state index in [1.165, 1.54) is 44.9 Å². The van der Waals surface area contributed by atoms with Gasteiger partial charge in [0.1, 0.15) is 0 Å². The van der Waals surface area contributed by atoms with Crippen LogP contribution >= 0.6 is 11.6 Å². The number of benzene rings is 1. The number of ether oxygens (including phenoxy) is 2. The van der Waals surface area contributed by atoms with Crippen molar-refractivity contribution in [2.45, 2.75) is 103 Å². The summed E-state index contributed by atoms with van der Waals surface area (Å²) in [7, 11) is 0. The molecule has 0 aliphatic heterocycles. The summed E-state index contributed by atoms with van der Waals surface area (Å²) in [5.74, 6) is -0.183. The topological polar surface area (TPSA) is 52.6 Å². The monoisotopic (exact) mass is 466 g/mol. The first-order chi connectivity index (χ1) is 15.7. The maximum Gasteiger partial charge on any atom is 0.339 e. The molecule has 1 rings (SSSR count). The van der Waals surface area contributed by atoms with Gasteiger partial charge in [0.05, 0.1) is 24.3 Å². The third-order valence-corrected chi connectivity index (χ3v) is 5.88. The molecule has 1 aromatic carbocycles. The van der Waals surface area contributed by atoms with Crippen LogP contribution in [0.2, 0.25) is 0 Å². The van der Waals surface area contributed by atoms with Crippen molar-refractivity contribution in [2.75, 3.05) is 19.1 Å². The molecule has 0 heterocycles. The summed E-state index contributed by atoms with van der Waals surface area (Å²) in [4.78, 5) is 24.9. The molecule has 0 aliphatic rings. The van der Waals surface area contributed by atoms with E-state index in [1.807, 2.05) is 0 Å². The van der Waals surface area contributed by atoms with Crippen molar-refractivity contribution in [3.8, 4) is 0 Å². The van der Waals surface area contributed by atoms with Crippen LogP contribution < -0.4 is 0 Å². The maximum atomic E-state index is 12.5. The van der Waals surface area contributed by atoms with E-state index in [9.17, 15) is 9.59 Å². The smallest absolute Gasteiger partial charge is 0.339 e. The average molecular weight is 467 g/mol. The molecule has 0 radical (unpaired) electrons. The van der Waals surface area contributed by atoms with Gasteiger partial charge in [-0.2, -0.15) is 0 Å². The van der Waals surface area contributed by atoms with Gasteiger partial charge in [-0.25, -0.2) is 9.59 Å².